The Kier molecular flexibility index (Phi) is 6.39. The van der Waals surface area contributed by atoms with Gasteiger partial charge in [0.25, 0.3) is 0 Å². The van der Waals surface area contributed by atoms with Crippen LogP contribution in [0.5, 0.6) is 11.6 Å². The van der Waals surface area contributed by atoms with Crippen LogP contribution in [0.3, 0.4) is 0 Å². The molecule has 1 amide bonds. The molecule has 1 N–H and O–H groups in total. The van der Waals surface area contributed by atoms with Gasteiger partial charge in [-0.2, -0.15) is 0 Å². The molecular formula is C23H27N5O2. The molecule has 0 aliphatic carbocycles. The number of hydrogen-bond donors (Lipinski definition) is 1. The first-order valence-corrected chi connectivity index (χ1v) is 10.5. The minimum atomic E-state index is -0.166. The highest BCUT2D eigenvalue weighted by Crippen LogP contribution is 2.23. The van der Waals surface area contributed by atoms with Gasteiger partial charge in [-0.15, -0.1) is 0 Å². The summed E-state index contributed by atoms with van der Waals surface area (Å²) in [5, 5.41) is 3.02. The Labute approximate surface area is 176 Å². The van der Waals surface area contributed by atoms with Crippen molar-refractivity contribution >= 4 is 11.6 Å². The monoisotopic (exact) mass is 405 g/mol. The van der Waals surface area contributed by atoms with E-state index in [0.29, 0.717) is 18.1 Å². The molecular weight excluding hydrogens is 378 g/mol. The second kappa shape index (κ2) is 9.54. The fourth-order valence-electron chi connectivity index (χ4n) is 3.79. The zero-order chi connectivity index (χ0) is 20.8. The van der Waals surface area contributed by atoms with Crippen molar-refractivity contribution < 1.29 is 9.53 Å². The molecule has 1 aromatic carbocycles. The quantitative estimate of drug-likeness (QED) is 0.641. The van der Waals surface area contributed by atoms with Gasteiger partial charge in [0.15, 0.2) is 0 Å². The van der Waals surface area contributed by atoms with Crippen LogP contribution in [0.15, 0.2) is 61.1 Å². The number of pyridine rings is 1. The summed E-state index contributed by atoms with van der Waals surface area (Å²) in [5.41, 5.74) is 0.668. The fourth-order valence-corrected chi connectivity index (χ4v) is 3.79. The molecule has 0 radical (unpaired) electrons. The van der Waals surface area contributed by atoms with Crippen LogP contribution >= 0.6 is 0 Å². The van der Waals surface area contributed by atoms with E-state index in [9.17, 15) is 4.79 Å². The molecule has 1 aliphatic rings. The number of amides is 1. The van der Waals surface area contributed by atoms with Crippen molar-refractivity contribution in [3.05, 3.63) is 66.9 Å². The van der Waals surface area contributed by atoms with Crippen molar-refractivity contribution in [3.8, 4) is 11.6 Å². The highest BCUT2D eigenvalue weighted by Gasteiger charge is 2.29. The van der Waals surface area contributed by atoms with Crippen molar-refractivity contribution in [2.45, 2.75) is 45.3 Å². The van der Waals surface area contributed by atoms with Gasteiger partial charge in [0.1, 0.15) is 11.6 Å². The fraction of sp³-hybridized carbons (Fsp3) is 0.348. The third kappa shape index (κ3) is 4.86. The van der Waals surface area contributed by atoms with Crippen molar-refractivity contribution in [2.75, 3.05) is 11.9 Å². The van der Waals surface area contributed by atoms with Gasteiger partial charge in [0.2, 0.25) is 11.8 Å². The molecule has 0 spiro atoms. The number of anilines is 1. The van der Waals surface area contributed by atoms with Crippen LogP contribution in [0.4, 0.5) is 5.69 Å². The second-order valence-electron chi connectivity index (χ2n) is 7.40. The number of likely N-dealkylation sites (tertiary alicyclic amines) is 1. The number of aromatic nitrogens is 3. The number of nitrogens with zero attached hydrogens (tertiary/aromatic N) is 4. The lowest BCUT2D eigenvalue weighted by molar-refractivity contribution is -0.122. The average molecular weight is 406 g/mol. The predicted octanol–water partition coefficient (Wildman–Crippen LogP) is 4.08. The molecule has 1 atom stereocenters. The van der Waals surface area contributed by atoms with Gasteiger partial charge in [0.05, 0.1) is 24.5 Å². The summed E-state index contributed by atoms with van der Waals surface area (Å²) in [6.07, 6.45) is 8.44. The van der Waals surface area contributed by atoms with Gasteiger partial charge >= 0.3 is 0 Å². The number of para-hydroxylation sites is 1. The number of carbonyl (C=O) groups is 1. The maximum absolute atomic E-state index is 13.0. The maximum atomic E-state index is 13.0. The summed E-state index contributed by atoms with van der Waals surface area (Å²) < 4.78 is 7.83. The summed E-state index contributed by atoms with van der Waals surface area (Å²) in [6, 6.07) is 12.9. The topological polar surface area (TPSA) is 72.3 Å². The van der Waals surface area contributed by atoms with E-state index in [1.54, 1.807) is 12.3 Å². The van der Waals surface area contributed by atoms with Gasteiger partial charge in [0, 0.05) is 25.0 Å². The maximum Gasteiger partial charge on any atom is 0.241 e. The molecule has 0 bridgehead atoms. The number of benzene rings is 1. The third-order valence-electron chi connectivity index (χ3n) is 5.37. The first kappa shape index (κ1) is 20.1. The van der Waals surface area contributed by atoms with Gasteiger partial charge in [-0.25, -0.2) is 9.97 Å². The molecule has 7 heteroatoms. The molecule has 4 rings (SSSR count). The molecule has 30 heavy (non-hydrogen) atoms. The molecule has 3 heterocycles. The number of nitrogens with one attached hydrogen (secondary N) is 1. The second-order valence-corrected chi connectivity index (χ2v) is 7.40. The van der Waals surface area contributed by atoms with Crippen molar-refractivity contribution in [3.63, 3.8) is 0 Å². The standard InChI is InChI=1S/C23H27N5O2/c1-2-27-15-13-24-21(27)17-28-14-7-6-10-20(28)23(29)26-18-11-12-22(25-16-18)30-19-8-4-3-5-9-19/h3-5,8-9,11-13,15-16,20H,2,6-7,10,14,17H2,1H3,(H,26,29). The predicted molar refractivity (Wildman–Crippen MR) is 115 cm³/mol. The lowest BCUT2D eigenvalue weighted by Crippen LogP contribution is -2.47. The highest BCUT2D eigenvalue weighted by atomic mass is 16.5. The Balaban J connectivity index is 1.39. The number of piperidine rings is 1. The first-order valence-electron chi connectivity index (χ1n) is 10.5. The van der Waals surface area contributed by atoms with Crippen molar-refractivity contribution in [1.82, 2.24) is 19.4 Å². The Morgan fingerprint density at radius 1 is 1.17 bits per heavy atom. The lowest BCUT2D eigenvalue weighted by Gasteiger charge is -2.34. The number of carbonyl (C=O) groups excluding carboxylic acids is 1. The molecule has 156 valence electrons. The number of aryl methyl sites for hydroxylation is 1. The van der Waals surface area contributed by atoms with E-state index >= 15 is 0 Å². The summed E-state index contributed by atoms with van der Waals surface area (Å²) in [7, 11) is 0. The Morgan fingerprint density at radius 3 is 2.80 bits per heavy atom. The van der Waals surface area contributed by atoms with Gasteiger partial charge in [-0.3, -0.25) is 9.69 Å². The van der Waals surface area contributed by atoms with E-state index in [0.717, 1.165) is 43.9 Å². The third-order valence-corrected chi connectivity index (χ3v) is 5.37. The molecule has 7 nitrogen and oxygen atoms in total. The van der Waals surface area contributed by atoms with E-state index in [2.05, 4.69) is 31.7 Å². The van der Waals surface area contributed by atoms with E-state index in [-0.39, 0.29) is 11.9 Å². The number of ether oxygens (including phenoxy) is 1. The SMILES string of the molecule is CCn1ccnc1CN1CCCCC1C(=O)Nc1ccc(Oc2ccccc2)nc1. The van der Waals surface area contributed by atoms with Crippen LogP contribution in [0.1, 0.15) is 32.0 Å². The van der Waals surface area contributed by atoms with Crippen LogP contribution < -0.4 is 10.1 Å². The summed E-state index contributed by atoms with van der Waals surface area (Å²) in [6.45, 7) is 4.56. The van der Waals surface area contributed by atoms with E-state index < -0.39 is 0 Å². The summed E-state index contributed by atoms with van der Waals surface area (Å²) in [5.74, 6) is 2.22. The largest absolute Gasteiger partial charge is 0.439 e. The molecule has 0 saturated carbocycles. The molecule has 1 unspecified atom stereocenters. The Morgan fingerprint density at radius 2 is 2.03 bits per heavy atom. The minimum Gasteiger partial charge on any atom is -0.439 e. The molecule has 3 aromatic rings. The number of imidazole rings is 1. The van der Waals surface area contributed by atoms with Gasteiger partial charge in [-0.05, 0) is 44.5 Å². The number of rotatable bonds is 7. The van der Waals surface area contributed by atoms with E-state index in [4.69, 9.17) is 4.74 Å². The molecule has 1 fully saturated rings. The van der Waals surface area contributed by atoms with Crippen LogP contribution in [-0.4, -0.2) is 37.9 Å². The van der Waals surface area contributed by atoms with E-state index in [1.165, 1.54) is 0 Å². The molecule has 2 aromatic heterocycles. The minimum absolute atomic E-state index is 0.00262. The summed E-state index contributed by atoms with van der Waals surface area (Å²) in [4.78, 5) is 24.0. The lowest BCUT2D eigenvalue weighted by atomic mass is 10.0. The molecule has 1 saturated heterocycles. The van der Waals surface area contributed by atoms with Crippen LogP contribution in [0.2, 0.25) is 0 Å². The van der Waals surface area contributed by atoms with E-state index in [1.807, 2.05) is 48.8 Å². The van der Waals surface area contributed by atoms with Crippen LogP contribution in [0.25, 0.3) is 0 Å². The van der Waals surface area contributed by atoms with Gasteiger partial charge < -0.3 is 14.6 Å². The van der Waals surface area contributed by atoms with Crippen LogP contribution in [-0.2, 0) is 17.9 Å². The van der Waals surface area contributed by atoms with Crippen molar-refractivity contribution in [1.29, 1.82) is 0 Å². The first-order chi connectivity index (χ1) is 14.7. The smallest absolute Gasteiger partial charge is 0.241 e. The number of hydrogen-bond acceptors (Lipinski definition) is 5. The Bertz CT molecular complexity index is 955. The van der Waals surface area contributed by atoms with Gasteiger partial charge in [-0.1, -0.05) is 24.6 Å². The highest BCUT2D eigenvalue weighted by molar-refractivity contribution is 5.94. The zero-order valence-corrected chi connectivity index (χ0v) is 17.2. The normalized spacial score (nSPS) is 16.9. The average Bonchev–Trinajstić information content (AvgIpc) is 3.23. The molecule has 1 aliphatic heterocycles. The van der Waals surface area contributed by atoms with Crippen LogP contribution in [0, 0.1) is 0 Å². The summed E-state index contributed by atoms with van der Waals surface area (Å²) >= 11 is 0. The zero-order valence-electron chi connectivity index (χ0n) is 17.2. The van der Waals surface area contributed by atoms with Crippen molar-refractivity contribution in [2.24, 2.45) is 0 Å². The Hall–Kier alpha value is -3.19.